The zero-order valence-electron chi connectivity index (χ0n) is 8.63. The quantitative estimate of drug-likeness (QED) is 0.897. The van der Waals surface area contributed by atoms with E-state index >= 15 is 0 Å². The van der Waals surface area contributed by atoms with E-state index in [-0.39, 0.29) is 0 Å². The van der Waals surface area contributed by atoms with Crippen molar-refractivity contribution in [3.63, 3.8) is 0 Å². The lowest BCUT2D eigenvalue weighted by atomic mass is 10.1. The van der Waals surface area contributed by atoms with E-state index in [0.717, 1.165) is 10.4 Å². The van der Waals surface area contributed by atoms with E-state index < -0.39 is 0 Å². The molecular weight excluding hydrogens is 242 g/mol. The molecule has 0 saturated heterocycles. The lowest BCUT2D eigenvalue weighted by Gasteiger charge is -2.16. The van der Waals surface area contributed by atoms with Gasteiger partial charge in [-0.3, -0.25) is 4.68 Å². The van der Waals surface area contributed by atoms with Crippen molar-refractivity contribution in [3.05, 3.63) is 16.4 Å². The van der Waals surface area contributed by atoms with Crippen LogP contribution in [0.5, 0.6) is 0 Å². The maximum atomic E-state index is 4.24. The highest BCUT2D eigenvalue weighted by Crippen LogP contribution is 2.38. The first-order valence-corrected chi connectivity index (χ1v) is 5.86. The van der Waals surface area contributed by atoms with Crippen LogP contribution in [-0.4, -0.2) is 16.8 Å². The Morgan fingerprint density at radius 2 is 2.43 bits per heavy atom. The molecule has 78 valence electrons. The number of rotatable bonds is 4. The number of hydrogen-bond acceptors (Lipinski definition) is 2. The van der Waals surface area contributed by atoms with Crippen molar-refractivity contribution in [2.75, 3.05) is 7.05 Å². The van der Waals surface area contributed by atoms with E-state index in [1.807, 2.05) is 25.0 Å². The van der Waals surface area contributed by atoms with E-state index in [9.17, 15) is 0 Å². The van der Waals surface area contributed by atoms with Crippen LogP contribution in [0, 0.1) is 5.92 Å². The summed E-state index contributed by atoms with van der Waals surface area (Å²) in [5.74, 6) is 0.925. The maximum Gasteiger partial charge on any atom is 0.0692 e. The first-order valence-electron chi connectivity index (χ1n) is 5.07. The summed E-state index contributed by atoms with van der Waals surface area (Å²) < 4.78 is 3.06. The van der Waals surface area contributed by atoms with Gasteiger partial charge in [0.05, 0.1) is 22.4 Å². The first kappa shape index (κ1) is 10.2. The number of aromatic nitrogens is 2. The van der Waals surface area contributed by atoms with Crippen LogP contribution in [0.2, 0.25) is 0 Å². The van der Waals surface area contributed by atoms with Crippen LogP contribution in [-0.2, 0) is 7.05 Å². The summed E-state index contributed by atoms with van der Waals surface area (Å²) in [5, 5.41) is 7.61. The second kappa shape index (κ2) is 4.03. The van der Waals surface area contributed by atoms with Gasteiger partial charge in [-0.25, -0.2) is 0 Å². The number of aryl methyl sites for hydroxylation is 1. The van der Waals surface area contributed by atoms with Crippen LogP contribution in [0.3, 0.4) is 0 Å². The molecular formula is C10H16BrN3. The first-order chi connectivity index (χ1) is 6.72. The molecule has 1 unspecified atom stereocenters. The summed E-state index contributed by atoms with van der Waals surface area (Å²) in [6, 6.07) is 0.435. The number of hydrogen-bond donors (Lipinski definition) is 1. The largest absolute Gasteiger partial charge is 0.312 e. The maximum absolute atomic E-state index is 4.24. The van der Waals surface area contributed by atoms with Crippen LogP contribution in [0.15, 0.2) is 10.7 Å². The van der Waals surface area contributed by atoms with Crippen molar-refractivity contribution in [2.45, 2.75) is 25.3 Å². The molecule has 0 spiro atoms. The van der Waals surface area contributed by atoms with Crippen molar-refractivity contribution in [1.82, 2.24) is 15.1 Å². The predicted octanol–water partition coefficient (Wildman–Crippen LogP) is 2.24. The van der Waals surface area contributed by atoms with E-state index in [1.54, 1.807) is 0 Å². The number of nitrogens with one attached hydrogen (secondary N) is 1. The Labute approximate surface area is 93.0 Å². The van der Waals surface area contributed by atoms with Gasteiger partial charge in [0.2, 0.25) is 0 Å². The monoisotopic (exact) mass is 257 g/mol. The van der Waals surface area contributed by atoms with Crippen molar-refractivity contribution in [2.24, 2.45) is 13.0 Å². The summed E-state index contributed by atoms with van der Waals surface area (Å²) >= 11 is 3.55. The third kappa shape index (κ3) is 2.01. The number of halogens is 1. The minimum atomic E-state index is 0.435. The van der Waals surface area contributed by atoms with Crippen molar-refractivity contribution < 1.29 is 0 Å². The van der Waals surface area contributed by atoms with Crippen LogP contribution >= 0.6 is 15.9 Å². The van der Waals surface area contributed by atoms with E-state index in [4.69, 9.17) is 0 Å². The summed E-state index contributed by atoms with van der Waals surface area (Å²) in [7, 11) is 4.02. The highest BCUT2D eigenvalue weighted by atomic mass is 79.9. The van der Waals surface area contributed by atoms with Gasteiger partial charge in [-0.2, -0.15) is 5.10 Å². The summed E-state index contributed by atoms with van der Waals surface area (Å²) in [4.78, 5) is 0. The lowest BCUT2D eigenvalue weighted by Crippen LogP contribution is -2.20. The molecule has 1 atom stereocenters. The lowest BCUT2D eigenvalue weighted by molar-refractivity contribution is 0.478. The van der Waals surface area contributed by atoms with Crippen molar-refractivity contribution >= 4 is 15.9 Å². The highest BCUT2D eigenvalue weighted by molar-refractivity contribution is 9.10. The topological polar surface area (TPSA) is 29.9 Å². The average molecular weight is 258 g/mol. The second-order valence-corrected chi connectivity index (χ2v) is 4.88. The van der Waals surface area contributed by atoms with Gasteiger partial charge in [-0.15, -0.1) is 0 Å². The zero-order chi connectivity index (χ0) is 10.1. The molecule has 1 heterocycles. The number of nitrogens with zero attached hydrogens (tertiary/aromatic N) is 2. The molecule has 1 aromatic rings. The van der Waals surface area contributed by atoms with Gasteiger partial charge in [0.15, 0.2) is 0 Å². The Morgan fingerprint density at radius 3 is 2.86 bits per heavy atom. The molecule has 1 aliphatic rings. The molecule has 1 saturated carbocycles. The molecule has 0 amide bonds. The summed E-state index contributed by atoms with van der Waals surface area (Å²) in [6.45, 7) is 0. The van der Waals surface area contributed by atoms with Gasteiger partial charge in [0, 0.05) is 7.05 Å². The second-order valence-electron chi connectivity index (χ2n) is 4.02. The van der Waals surface area contributed by atoms with Gasteiger partial charge >= 0.3 is 0 Å². The van der Waals surface area contributed by atoms with Gasteiger partial charge in [0.25, 0.3) is 0 Å². The molecule has 0 radical (unpaired) electrons. The predicted molar refractivity (Wildman–Crippen MR) is 60.0 cm³/mol. The SMILES string of the molecule is CNC(CC1CC1)c1c(Br)cnn1C. The molecule has 1 aromatic heterocycles. The Morgan fingerprint density at radius 1 is 1.71 bits per heavy atom. The Kier molecular flexibility index (Phi) is 2.93. The van der Waals surface area contributed by atoms with Gasteiger partial charge in [-0.1, -0.05) is 12.8 Å². The van der Waals surface area contributed by atoms with Crippen LogP contribution in [0.4, 0.5) is 0 Å². The molecule has 2 rings (SSSR count). The molecule has 0 aliphatic heterocycles. The standard InChI is InChI=1S/C10H16BrN3/c1-12-9(5-7-3-4-7)10-8(11)6-13-14(10)2/h6-7,9,12H,3-5H2,1-2H3. The normalized spacial score (nSPS) is 18.5. The van der Waals surface area contributed by atoms with Gasteiger partial charge in [-0.05, 0) is 35.3 Å². The fourth-order valence-corrected chi connectivity index (χ4v) is 2.49. The summed E-state index contributed by atoms with van der Waals surface area (Å²) in [5.41, 5.74) is 1.26. The van der Waals surface area contributed by atoms with Crippen LogP contribution in [0.25, 0.3) is 0 Å². The summed E-state index contributed by atoms with van der Waals surface area (Å²) in [6.07, 6.45) is 5.89. The average Bonchev–Trinajstić information content (AvgIpc) is 2.92. The van der Waals surface area contributed by atoms with Crippen molar-refractivity contribution in [3.8, 4) is 0 Å². The van der Waals surface area contributed by atoms with E-state index in [0.29, 0.717) is 6.04 Å². The van der Waals surface area contributed by atoms with E-state index in [2.05, 4.69) is 26.3 Å². The Bertz CT molecular complexity index is 298. The van der Waals surface area contributed by atoms with Crippen molar-refractivity contribution in [1.29, 1.82) is 0 Å². The Balaban J connectivity index is 2.16. The highest BCUT2D eigenvalue weighted by Gasteiger charge is 2.27. The minimum Gasteiger partial charge on any atom is -0.312 e. The van der Waals surface area contributed by atoms with Crippen LogP contribution in [0.1, 0.15) is 31.0 Å². The molecule has 0 aromatic carbocycles. The van der Waals surface area contributed by atoms with Gasteiger partial charge in [0.1, 0.15) is 0 Å². The molecule has 1 aliphatic carbocycles. The van der Waals surface area contributed by atoms with E-state index in [1.165, 1.54) is 25.0 Å². The van der Waals surface area contributed by atoms with Gasteiger partial charge < -0.3 is 5.32 Å². The smallest absolute Gasteiger partial charge is 0.0692 e. The fraction of sp³-hybridized carbons (Fsp3) is 0.700. The molecule has 4 heteroatoms. The minimum absolute atomic E-state index is 0.435. The van der Waals surface area contributed by atoms with Crippen LogP contribution < -0.4 is 5.32 Å². The molecule has 1 N–H and O–H groups in total. The third-order valence-corrected chi connectivity index (χ3v) is 3.49. The Hall–Kier alpha value is -0.350. The molecule has 1 fully saturated rings. The fourth-order valence-electron chi connectivity index (χ4n) is 1.87. The molecule has 0 bridgehead atoms. The third-order valence-electron chi connectivity index (χ3n) is 2.88. The molecule has 3 nitrogen and oxygen atoms in total. The molecule has 14 heavy (non-hydrogen) atoms. The zero-order valence-corrected chi connectivity index (χ0v) is 10.2.